The number of benzene rings is 1. The first kappa shape index (κ1) is 18.1. The largest absolute Gasteiger partial charge is 0.497 e. The van der Waals surface area contributed by atoms with Crippen molar-refractivity contribution in [2.45, 2.75) is 26.0 Å². The number of methoxy groups -OCH3 is 1. The van der Waals surface area contributed by atoms with E-state index in [2.05, 4.69) is 4.98 Å². The highest BCUT2D eigenvalue weighted by Gasteiger charge is 2.34. The number of carbonyl (C=O) groups excluding carboxylic acids is 2. The summed E-state index contributed by atoms with van der Waals surface area (Å²) in [5, 5.41) is 0. The maximum Gasteiger partial charge on any atom is 0.415 e. The fourth-order valence-electron chi connectivity index (χ4n) is 3.22. The molecule has 1 aromatic carbocycles. The maximum atomic E-state index is 12.5. The van der Waals surface area contributed by atoms with Gasteiger partial charge < -0.3 is 14.2 Å². The summed E-state index contributed by atoms with van der Waals surface area (Å²) < 4.78 is 16.0. The molecule has 3 heterocycles. The van der Waals surface area contributed by atoms with Crippen molar-refractivity contribution in [2.75, 3.05) is 30.1 Å². The average Bonchev–Trinajstić information content (AvgIpc) is 3.11. The minimum atomic E-state index is -0.427. The highest BCUT2D eigenvalue weighted by atomic mass is 16.6. The number of rotatable bonds is 5. The van der Waals surface area contributed by atoms with Gasteiger partial charge >= 0.3 is 6.09 Å². The first-order chi connectivity index (χ1) is 13.6. The summed E-state index contributed by atoms with van der Waals surface area (Å²) in [6.45, 7) is 2.70. The zero-order valence-corrected chi connectivity index (χ0v) is 15.8. The van der Waals surface area contributed by atoms with Crippen LogP contribution in [0.25, 0.3) is 0 Å². The SMILES string of the molecule is CCC1CN(c2ccc3c(n2)N(Cc2ccc(OC)cc2)C(=O)CO3)C(=O)O1. The van der Waals surface area contributed by atoms with Crippen molar-refractivity contribution in [2.24, 2.45) is 0 Å². The van der Waals surface area contributed by atoms with Crippen molar-refractivity contribution in [3.8, 4) is 11.5 Å². The number of nitrogens with zero attached hydrogens (tertiary/aromatic N) is 3. The summed E-state index contributed by atoms with van der Waals surface area (Å²) in [5.41, 5.74) is 0.931. The van der Waals surface area contributed by atoms with Crippen LogP contribution in [0.3, 0.4) is 0 Å². The molecule has 2 amide bonds. The predicted octanol–water partition coefficient (Wildman–Crippen LogP) is 2.75. The highest BCUT2D eigenvalue weighted by molar-refractivity contribution is 5.97. The first-order valence-corrected chi connectivity index (χ1v) is 9.14. The molecule has 4 rings (SSSR count). The molecule has 1 atom stereocenters. The number of carbonyl (C=O) groups is 2. The maximum absolute atomic E-state index is 12.5. The van der Waals surface area contributed by atoms with Crippen LogP contribution in [-0.4, -0.2) is 43.3 Å². The fraction of sp³-hybridized carbons (Fsp3) is 0.350. The minimum Gasteiger partial charge on any atom is -0.497 e. The van der Waals surface area contributed by atoms with Crippen molar-refractivity contribution in [3.63, 3.8) is 0 Å². The predicted molar refractivity (Wildman–Crippen MR) is 102 cm³/mol. The van der Waals surface area contributed by atoms with E-state index < -0.39 is 6.09 Å². The molecule has 0 bridgehead atoms. The van der Waals surface area contributed by atoms with E-state index in [1.54, 1.807) is 24.1 Å². The molecule has 2 aliphatic rings. The van der Waals surface area contributed by atoms with Gasteiger partial charge in [0.25, 0.3) is 5.91 Å². The summed E-state index contributed by atoms with van der Waals surface area (Å²) in [6.07, 6.45) is 0.154. The molecule has 1 unspecified atom stereocenters. The molecule has 0 saturated carbocycles. The Bertz CT molecular complexity index is 899. The van der Waals surface area contributed by atoms with Crippen LogP contribution in [-0.2, 0) is 16.1 Å². The summed E-state index contributed by atoms with van der Waals surface area (Å²) >= 11 is 0. The summed E-state index contributed by atoms with van der Waals surface area (Å²) in [4.78, 5) is 32.3. The number of amides is 2. The Hall–Kier alpha value is -3.29. The molecule has 2 aliphatic heterocycles. The van der Waals surface area contributed by atoms with E-state index in [-0.39, 0.29) is 18.6 Å². The van der Waals surface area contributed by atoms with Crippen LogP contribution in [0.2, 0.25) is 0 Å². The second-order valence-electron chi connectivity index (χ2n) is 6.63. The van der Waals surface area contributed by atoms with Gasteiger partial charge in [0, 0.05) is 0 Å². The Kier molecular flexibility index (Phi) is 4.77. The number of anilines is 2. The first-order valence-electron chi connectivity index (χ1n) is 9.14. The molecule has 2 aromatic rings. The molecule has 8 nitrogen and oxygen atoms in total. The molecule has 0 N–H and O–H groups in total. The van der Waals surface area contributed by atoms with Crippen molar-refractivity contribution in [3.05, 3.63) is 42.0 Å². The van der Waals surface area contributed by atoms with E-state index in [4.69, 9.17) is 14.2 Å². The van der Waals surface area contributed by atoms with E-state index in [9.17, 15) is 9.59 Å². The normalized spacial score (nSPS) is 18.6. The molecule has 0 aliphatic carbocycles. The molecule has 28 heavy (non-hydrogen) atoms. The van der Waals surface area contributed by atoms with E-state index in [0.717, 1.165) is 17.7 Å². The number of aromatic nitrogens is 1. The van der Waals surface area contributed by atoms with Gasteiger partial charge in [-0.05, 0) is 36.2 Å². The summed E-state index contributed by atoms with van der Waals surface area (Å²) in [7, 11) is 1.61. The second kappa shape index (κ2) is 7.38. The van der Waals surface area contributed by atoms with Crippen molar-refractivity contribution in [1.82, 2.24) is 4.98 Å². The minimum absolute atomic E-state index is 0.0478. The van der Waals surface area contributed by atoms with Gasteiger partial charge in [0.1, 0.15) is 17.7 Å². The van der Waals surface area contributed by atoms with Gasteiger partial charge in [-0.25, -0.2) is 9.78 Å². The lowest BCUT2D eigenvalue weighted by atomic mass is 10.2. The lowest BCUT2D eigenvalue weighted by molar-refractivity contribution is -0.121. The smallest absolute Gasteiger partial charge is 0.415 e. The second-order valence-corrected chi connectivity index (χ2v) is 6.63. The third-order valence-electron chi connectivity index (χ3n) is 4.84. The Morgan fingerprint density at radius 2 is 1.96 bits per heavy atom. The number of fused-ring (bicyclic) bond motifs is 1. The number of hydrogen-bond donors (Lipinski definition) is 0. The van der Waals surface area contributed by atoms with Crippen molar-refractivity contribution in [1.29, 1.82) is 0 Å². The lowest BCUT2D eigenvalue weighted by Gasteiger charge is -2.29. The Labute approximate surface area is 162 Å². The number of cyclic esters (lactones) is 1. The quantitative estimate of drug-likeness (QED) is 0.790. The molecule has 1 fully saturated rings. The van der Waals surface area contributed by atoms with Gasteiger partial charge in [-0.1, -0.05) is 19.1 Å². The van der Waals surface area contributed by atoms with Crippen LogP contribution in [0.1, 0.15) is 18.9 Å². The van der Waals surface area contributed by atoms with Gasteiger partial charge in [0.05, 0.1) is 20.2 Å². The Morgan fingerprint density at radius 3 is 2.64 bits per heavy atom. The zero-order chi connectivity index (χ0) is 19.7. The molecule has 146 valence electrons. The van der Waals surface area contributed by atoms with Gasteiger partial charge in [-0.3, -0.25) is 14.6 Å². The van der Waals surface area contributed by atoms with Gasteiger partial charge in [-0.2, -0.15) is 0 Å². The van der Waals surface area contributed by atoms with Crippen LogP contribution in [0.15, 0.2) is 36.4 Å². The summed E-state index contributed by atoms with van der Waals surface area (Å²) in [5.74, 6) is 1.91. The van der Waals surface area contributed by atoms with Crippen molar-refractivity contribution < 1.29 is 23.8 Å². The Balaban J connectivity index is 1.63. The average molecular weight is 383 g/mol. The fourth-order valence-corrected chi connectivity index (χ4v) is 3.22. The molecule has 8 heteroatoms. The summed E-state index contributed by atoms with van der Waals surface area (Å²) in [6, 6.07) is 10.9. The third kappa shape index (κ3) is 3.33. The van der Waals surface area contributed by atoms with Crippen LogP contribution < -0.4 is 19.3 Å². The Morgan fingerprint density at radius 1 is 1.18 bits per heavy atom. The van der Waals surface area contributed by atoms with Crippen molar-refractivity contribution >= 4 is 23.6 Å². The zero-order valence-electron chi connectivity index (χ0n) is 15.8. The molecule has 0 spiro atoms. The topological polar surface area (TPSA) is 81.2 Å². The number of pyridine rings is 1. The van der Waals surface area contributed by atoms with Crippen LogP contribution in [0.4, 0.5) is 16.4 Å². The highest BCUT2D eigenvalue weighted by Crippen LogP contribution is 2.34. The van der Waals surface area contributed by atoms with Gasteiger partial charge in [0.2, 0.25) is 0 Å². The van der Waals surface area contributed by atoms with Crippen LogP contribution in [0.5, 0.6) is 11.5 Å². The molecular weight excluding hydrogens is 362 g/mol. The molecular formula is C20H21N3O5. The third-order valence-corrected chi connectivity index (χ3v) is 4.84. The number of ether oxygens (including phenoxy) is 3. The molecule has 0 radical (unpaired) electrons. The molecule has 1 saturated heterocycles. The standard InChI is InChI=1S/C20H21N3O5/c1-3-14-11-22(20(25)28-14)17-9-8-16-19(21-17)23(18(24)12-27-16)10-13-4-6-15(26-2)7-5-13/h4-9,14H,3,10-12H2,1-2H3. The van der Waals surface area contributed by atoms with Crippen LogP contribution >= 0.6 is 0 Å². The lowest BCUT2D eigenvalue weighted by Crippen LogP contribution is -2.39. The number of hydrogen-bond acceptors (Lipinski definition) is 6. The van der Waals surface area contributed by atoms with E-state index in [1.807, 2.05) is 31.2 Å². The molecule has 1 aromatic heterocycles. The van der Waals surface area contributed by atoms with E-state index in [1.165, 1.54) is 4.90 Å². The van der Waals surface area contributed by atoms with E-state index >= 15 is 0 Å². The van der Waals surface area contributed by atoms with Crippen LogP contribution in [0, 0.1) is 0 Å². The van der Waals surface area contributed by atoms with Gasteiger partial charge in [0.15, 0.2) is 18.2 Å². The van der Waals surface area contributed by atoms with E-state index in [0.29, 0.717) is 30.5 Å². The van der Waals surface area contributed by atoms with Gasteiger partial charge in [-0.15, -0.1) is 0 Å². The monoisotopic (exact) mass is 383 g/mol.